The van der Waals surface area contributed by atoms with Gasteiger partial charge in [-0.2, -0.15) is 0 Å². The van der Waals surface area contributed by atoms with Crippen molar-refractivity contribution in [1.82, 2.24) is 10.2 Å². The van der Waals surface area contributed by atoms with Crippen molar-refractivity contribution in [2.24, 2.45) is 0 Å². The Morgan fingerprint density at radius 1 is 1.21 bits per heavy atom. The Morgan fingerprint density at radius 2 is 1.89 bits per heavy atom. The molecule has 2 atom stereocenters. The van der Waals surface area contributed by atoms with Crippen molar-refractivity contribution in [3.63, 3.8) is 0 Å². The van der Waals surface area contributed by atoms with Gasteiger partial charge in [-0.1, -0.05) is 44.2 Å². The second-order valence-electron chi connectivity index (χ2n) is 5.70. The van der Waals surface area contributed by atoms with Crippen LogP contribution >= 0.6 is 0 Å². The van der Waals surface area contributed by atoms with Gasteiger partial charge in [0.15, 0.2) is 0 Å². The highest BCUT2D eigenvalue weighted by atomic mass is 15.2. The van der Waals surface area contributed by atoms with E-state index in [1.807, 2.05) is 0 Å². The van der Waals surface area contributed by atoms with Crippen LogP contribution in [0.15, 0.2) is 30.3 Å². The zero-order valence-electron chi connectivity index (χ0n) is 12.6. The molecule has 1 aromatic carbocycles. The molecule has 0 aromatic heterocycles. The second-order valence-corrected chi connectivity index (χ2v) is 5.70. The minimum atomic E-state index is 0.502. The first kappa shape index (κ1) is 14.5. The van der Waals surface area contributed by atoms with Crippen LogP contribution in [0.2, 0.25) is 0 Å². The summed E-state index contributed by atoms with van der Waals surface area (Å²) in [4.78, 5) is 2.63. The zero-order chi connectivity index (χ0) is 13.7. The lowest BCUT2D eigenvalue weighted by molar-refractivity contribution is 0.145. The minimum Gasteiger partial charge on any atom is -0.312 e. The van der Waals surface area contributed by atoms with Crippen LogP contribution in [0.25, 0.3) is 0 Å². The first-order valence-corrected chi connectivity index (χ1v) is 7.80. The van der Waals surface area contributed by atoms with Gasteiger partial charge in [-0.15, -0.1) is 0 Å². The number of hydrogen-bond donors (Lipinski definition) is 1. The van der Waals surface area contributed by atoms with E-state index in [1.54, 1.807) is 0 Å². The third-order valence-electron chi connectivity index (χ3n) is 4.28. The third-order valence-corrected chi connectivity index (χ3v) is 4.28. The molecule has 0 saturated heterocycles. The third kappa shape index (κ3) is 4.05. The molecule has 2 nitrogen and oxygen atoms in total. The van der Waals surface area contributed by atoms with Crippen molar-refractivity contribution in [3.05, 3.63) is 35.9 Å². The van der Waals surface area contributed by atoms with Gasteiger partial charge in [0.2, 0.25) is 0 Å². The lowest BCUT2D eigenvalue weighted by Gasteiger charge is -2.36. The Bertz CT molecular complexity index is 359. The monoisotopic (exact) mass is 260 g/mol. The molecule has 1 aliphatic carbocycles. The van der Waals surface area contributed by atoms with Gasteiger partial charge >= 0.3 is 0 Å². The quantitative estimate of drug-likeness (QED) is 0.768. The van der Waals surface area contributed by atoms with Crippen LogP contribution in [0.3, 0.4) is 0 Å². The van der Waals surface area contributed by atoms with E-state index >= 15 is 0 Å². The summed E-state index contributed by atoms with van der Waals surface area (Å²) in [7, 11) is 0. The smallest absolute Gasteiger partial charge is 0.0475 e. The number of rotatable bonds is 8. The molecule has 1 N–H and O–H groups in total. The van der Waals surface area contributed by atoms with Crippen LogP contribution in [0.1, 0.15) is 51.6 Å². The summed E-state index contributed by atoms with van der Waals surface area (Å²) in [5, 5.41) is 3.71. The first-order valence-electron chi connectivity index (χ1n) is 7.80. The van der Waals surface area contributed by atoms with Gasteiger partial charge in [0.25, 0.3) is 0 Å². The highest BCUT2D eigenvalue weighted by Crippen LogP contribution is 2.25. The number of likely N-dealkylation sites (N-methyl/N-ethyl adjacent to an activating group) is 1. The molecule has 1 aliphatic rings. The largest absolute Gasteiger partial charge is 0.312 e. The summed E-state index contributed by atoms with van der Waals surface area (Å²) >= 11 is 0. The topological polar surface area (TPSA) is 15.3 Å². The molecule has 0 aliphatic heterocycles. The standard InChI is InChI=1S/C17H28N2/c1-4-14(3)19(5-2)17(13-18-16-11-12-16)15-9-7-6-8-10-15/h6-10,14,16-18H,4-5,11-13H2,1-3H3. The molecule has 19 heavy (non-hydrogen) atoms. The summed E-state index contributed by atoms with van der Waals surface area (Å²) in [5.74, 6) is 0. The first-order chi connectivity index (χ1) is 9.26. The Kier molecular flexibility index (Phi) is 5.41. The molecule has 0 amide bonds. The second kappa shape index (κ2) is 7.06. The van der Waals surface area contributed by atoms with Crippen molar-refractivity contribution >= 4 is 0 Å². The molecular formula is C17H28N2. The summed E-state index contributed by atoms with van der Waals surface area (Å²) in [5.41, 5.74) is 1.44. The Morgan fingerprint density at radius 3 is 2.42 bits per heavy atom. The molecule has 0 heterocycles. The molecule has 1 saturated carbocycles. The number of benzene rings is 1. The number of hydrogen-bond acceptors (Lipinski definition) is 2. The van der Waals surface area contributed by atoms with Crippen LogP contribution in [0, 0.1) is 0 Å². The molecule has 2 unspecified atom stereocenters. The predicted molar refractivity (Wildman–Crippen MR) is 82.3 cm³/mol. The fourth-order valence-electron chi connectivity index (χ4n) is 2.74. The van der Waals surface area contributed by atoms with E-state index in [9.17, 15) is 0 Å². The molecule has 106 valence electrons. The number of nitrogens with one attached hydrogen (secondary N) is 1. The van der Waals surface area contributed by atoms with Crippen molar-refractivity contribution < 1.29 is 0 Å². The van der Waals surface area contributed by atoms with Crippen molar-refractivity contribution in [1.29, 1.82) is 0 Å². The molecule has 0 bridgehead atoms. The predicted octanol–water partition coefficient (Wildman–Crippen LogP) is 3.60. The van der Waals surface area contributed by atoms with E-state index in [1.165, 1.54) is 24.8 Å². The van der Waals surface area contributed by atoms with Crippen LogP contribution in [-0.2, 0) is 0 Å². The highest BCUT2D eigenvalue weighted by molar-refractivity contribution is 5.20. The van der Waals surface area contributed by atoms with E-state index in [0.29, 0.717) is 12.1 Å². The highest BCUT2D eigenvalue weighted by Gasteiger charge is 2.26. The maximum atomic E-state index is 3.71. The Labute approximate surface area is 118 Å². The average molecular weight is 260 g/mol. The van der Waals surface area contributed by atoms with Crippen molar-refractivity contribution in [2.45, 2.75) is 58.2 Å². The lowest BCUT2D eigenvalue weighted by Crippen LogP contribution is -2.41. The van der Waals surface area contributed by atoms with Crippen LogP contribution < -0.4 is 5.32 Å². The summed E-state index contributed by atoms with van der Waals surface area (Å²) in [6.45, 7) is 9.09. The van der Waals surface area contributed by atoms with Crippen LogP contribution in [-0.4, -0.2) is 30.1 Å². The summed E-state index contributed by atoms with van der Waals surface area (Å²) in [6, 6.07) is 12.9. The van der Waals surface area contributed by atoms with Gasteiger partial charge in [-0.25, -0.2) is 0 Å². The Hall–Kier alpha value is -0.860. The molecular weight excluding hydrogens is 232 g/mol. The molecule has 1 aromatic rings. The van der Waals surface area contributed by atoms with Crippen molar-refractivity contribution in [3.8, 4) is 0 Å². The maximum Gasteiger partial charge on any atom is 0.0475 e. The van der Waals surface area contributed by atoms with Gasteiger partial charge < -0.3 is 5.32 Å². The van der Waals surface area contributed by atoms with E-state index in [4.69, 9.17) is 0 Å². The van der Waals surface area contributed by atoms with E-state index in [0.717, 1.165) is 19.1 Å². The SMILES string of the molecule is CCC(C)N(CC)C(CNC1CC1)c1ccccc1. The maximum absolute atomic E-state index is 3.71. The van der Waals surface area contributed by atoms with Gasteiger partial charge in [0.1, 0.15) is 0 Å². The van der Waals surface area contributed by atoms with Gasteiger partial charge in [0.05, 0.1) is 0 Å². The van der Waals surface area contributed by atoms with Gasteiger partial charge in [-0.3, -0.25) is 4.90 Å². The lowest BCUT2D eigenvalue weighted by atomic mass is 10.0. The fraction of sp³-hybridized carbons (Fsp3) is 0.647. The van der Waals surface area contributed by atoms with Crippen LogP contribution in [0.5, 0.6) is 0 Å². The zero-order valence-corrected chi connectivity index (χ0v) is 12.6. The summed E-state index contributed by atoms with van der Waals surface area (Å²) in [6.07, 6.45) is 3.93. The average Bonchev–Trinajstić information content (AvgIpc) is 3.27. The Balaban J connectivity index is 2.11. The van der Waals surface area contributed by atoms with E-state index in [-0.39, 0.29) is 0 Å². The number of nitrogens with zero attached hydrogens (tertiary/aromatic N) is 1. The summed E-state index contributed by atoms with van der Waals surface area (Å²) < 4.78 is 0. The normalized spacial score (nSPS) is 18.5. The van der Waals surface area contributed by atoms with Crippen LogP contribution in [0.4, 0.5) is 0 Å². The molecule has 1 fully saturated rings. The molecule has 0 radical (unpaired) electrons. The molecule has 2 rings (SSSR count). The van der Waals surface area contributed by atoms with E-state index in [2.05, 4.69) is 61.3 Å². The fourth-order valence-corrected chi connectivity index (χ4v) is 2.74. The van der Waals surface area contributed by atoms with Crippen molar-refractivity contribution in [2.75, 3.05) is 13.1 Å². The minimum absolute atomic E-state index is 0.502. The van der Waals surface area contributed by atoms with Gasteiger partial charge in [-0.05, 0) is 38.3 Å². The molecule has 0 spiro atoms. The molecule has 2 heteroatoms. The van der Waals surface area contributed by atoms with E-state index < -0.39 is 0 Å². The van der Waals surface area contributed by atoms with Gasteiger partial charge in [0, 0.05) is 24.7 Å².